The molecule has 33 heavy (non-hydrogen) atoms. The number of anilines is 1. The molecular weight excluding hydrogens is 443 g/mol. The number of halogens is 2. The van der Waals surface area contributed by atoms with Crippen molar-refractivity contribution >= 4 is 39.9 Å². The molecule has 0 aromatic heterocycles. The van der Waals surface area contributed by atoms with Crippen LogP contribution < -0.4 is 15.4 Å². The van der Waals surface area contributed by atoms with E-state index in [1.807, 2.05) is 36.4 Å². The van der Waals surface area contributed by atoms with Crippen LogP contribution in [0.4, 0.5) is 10.1 Å². The molecule has 3 aromatic carbocycles. The van der Waals surface area contributed by atoms with Gasteiger partial charge in [0.1, 0.15) is 11.6 Å². The molecule has 0 unspecified atom stereocenters. The van der Waals surface area contributed by atoms with Crippen molar-refractivity contribution in [3.63, 3.8) is 0 Å². The molecule has 166 valence electrons. The zero-order valence-corrected chi connectivity index (χ0v) is 18.3. The van der Waals surface area contributed by atoms with Crippen LogP contribution in [0.5, 0.6) is 5.75 Å². The van der Waals surface area contributed by atoms with E-state index in [9.17, 15) is 14.0 Å². The Balaban J connectivity index is 1.29. The first kappa shape index (κ1) is 21.3. The smallest absolute Gasteiger partial charge is 0.300 e. The average molecular weight is 463 g/mol. The zero-order chi connectivity index (χ0) is 23.2. The molecule has 3 saturated carbocycles. The average Bonchev–Trinajstić information content (AvgIpc) is 2.76. The summed E-state index contributed by atoms with van der Waals surface area (Å²) in [5.74, 6) is 0.993. The Kier molecular flexibility index (Phi) is 5.02. The predicted octanol–water partition coefficient (Wildman–Crippen LogP) is 4.57. The number of ether oxygens (including phenoxy) is 1. The highest BCUT2D eigenvalue weighted by atomic mass is 35.5. The maximum absolute atomic E-state index is 13.5. The summed E-state index contributed by atoms with van der Waals surface area (Å²) >= 11 is 5.67. The normalized spacial score (nSPS) is 22.5. The topological polar surface area (TPSA) is 67.4 Å². The van der Waals surface area contributed by atoms with Crippen LogP contribution in [0.15, 0.2) is 54.6 Å². The van der Waals surface area contributed by atoms with Gasteiger partial charge in [0.2, 0.25) is 0 Å². The number of hydrogen-bond donors (Lipinski definition) is 2. The van der Waals surface area contributed by atoms with Crippen molar-refractivity contribution in [2.45, 2.75) is 30.2 Å². The monoisotopic (exact) mass is 462 g/mol. The summed E-state index contributed by atoms with van der Waals surface area (Å²) < 4.78 is 18.9. The van der Waals surface area contributed by atoms with Gasteiger partial charge in [-0.2, -0.15) is 0 Å². The van der Waals surface area contributed by atoms with E-state index in [4.69, 9.17) is 22.8 Å². The molecule has 3 fully saturated rings. The summed E-state index contributed by atoms with van der Waals surface area (Å²) in [5.41, 5.74) is 1.35. The van der Waals surface area contributed by atoms with Crippen LogP contribution in [0.3, 0.4) is 0 Å². The summed E-state index contributed by atoms with van der Waals surface area (Å²) in [6.07, 6.45) is 7.54. The van der Waals surface area contributed by atoms with Crippen LogP contribution >= 0.6 is 11.6 Å². The van der Waals surface area contributed by atoms with E-state index >= 15 is 0 Å². The fraction of sp³-hybridized carbons (Fsp3) is 0.231. The van der Waals surface area contributed by atoms with Crippen LogP contribution in [-0.2, 0) is 15.0 Å². The number of hydrogen-bond acceptors (Lipinski definition) is 3. The number of nitrogens with one attached hydrogen (secondary N) is 2. The van der Waals surface area contributed by atoms with Gasteiger partial charge in [-0.3, -0.25) is 9.59 Å². The highest BCUT2D eigenvalue weighted by Gasteiger charge is 2.69. The number of carbonyl (C=O) groups is 2. The molecular formula is C26H20ClFN2O3. The van der Waals surface area contributed by atoms with Crippen molar-refractivity contribution in [2.24, 2.45) is 0 Å². The lowest BCUT2D eigenvalue weighted by Gasteiger charge is -2.71. The van der Waals surface area contributed by atoms with Crippen LogP contribution in [0, 0.1) is 18.2 Å². The highest BCUT2D eigenvalue weighted by Crippen LogP contribution is 2.69. The second-order valence-electron chi connectivity index (χ2n) is 8.81. The lowest BCUT2D eigenvalue weighted by Crippen LogP contribution is -2.77. The first-order valence-electron chi connectivity index (χ1n) is 10.5. The summed E-state index contributed by atoms with van der Waals surface area (Å²) in [5, 5.41) is 8.04. The first-order chi connectivity index (χ1) is 15.8. The minimum Gasteiger partial charge on any atom is -0.484 e. The first-order valence-corrected chi connectivity index (χ1v) is 10.9. The summed E-state index contributed by atoms with van der Waals surface area (Å²) in [6.45, 7) is -0.215. The number of amides is 2. The maximum atomic E-state index is 13.5. The van der Waals surface area contributed by atoms with Gasteiger partial charge in [-0.1, -0.05) is 41.9 Å². The second kappa shape index (κ2) is 7.79. The van der Waals surface area contributed by atoms with Crippen LogP contribution in [0.25, 0.3) is 10.8 Å². The molecule has 2 N–H and O–H groups in total. The van der Waals surface area contributed by atoms with Crippen molar-refractivity contribution in [3.05, 3.63) is 71.0 Å². The van der Waals surface area contributed by atoms with E-state index in [0.717, 1.165) is 41.7 Å². The van der Waals surface area contributed by atoms with Gasteiger partial charge in [-0.05, 0) is 59.7 Å². The SMILES string of the molecule is C#CC(=O)Nc1ccc2ccccc2c1C12CC(NC(=O)COc3ccc(Cl)c(F)c3)(C1)C2. The van der Waals surface area contributed by atoms with E-state index in [2.05, 4.69) is 16.6 Å². The molecule has 6 rings (SSSR count). The summed E-state index contributed by atoms with van der Waals surface area (Å²) in [7, 11) is 0. The molecule has 0 aliphatic heterocycles. The Hall–Kier alpha value is -3.56. The molecule has 2 bridgehead atoms. The summed E-state index contributed by atoms with van der Waals surface area (Å²) in [4.78, 5) is 24.4. The fourth-order valence-corrected chi connectivity index (χ4v) is 5.46. The molecule has 0 radical (unpaired) electrons. The highest BCUT2D eigenvalue weighted by molar-refractivity contribution is 6.30. The standard InChI is InChI=1S/C26H20ClFN2O3/c1-2-22(31)29-21-10-7-16-5-3-4-6-18(16)24(21)25-13-26(14-25,15-25)30-23(32)12-33-17-8-9-19(27)20(28)11-17/h1,3-11H,12-15H2,(H,29,31)(H,30,32). The Morgan fingerprint density at radius 2 is 1.88 bits per heavy atom. The zero-order valence-electron chi connectivity index (χ0n) is 17.6. The predicted molar refractivity (Wildman–Crippen MR) is 125 cm³/mol. The molecule has 7 heteroatoms. The Bertz CT molecular complexity index is 1330. The van der Waals surface area contributed by atoms with Gasteiger partial charge in [0.05, 0.1) is 5.02 Å². The van der Waals surface area contributed by atoms with Gasteiger partial charge in [-0.25, -0.2) is 4.39 Å². The van der Waals surface area contributed by atoms with Gasteiger partial charge in [0, 0.05) is 22.7 Å². The lowest BCUT2D eigenvalue weighted by molar-refractivity contribution is -0.139. The Morgan fingerprint density at radius 1 is 1.12 bits per heavy atom. The lowest BCUT2D eigenvalue weighted by atomic mass is 9.37. The van der Waals surface area contributed by atoms with Gasteiger partial charge >= 0.3 is 0 Å². The quantitative estimate of drug-likeness (QED) is 0.527. The molecule has 0 atom stereocenters. The summed E-state index contributed by atoms with van der Waals surface area (Å²) in [6, 6.07) is 15.9. The van der Waals surface area contributed by atoms with Crippen LogP contribution in [-0.4, -0.2) is 24.0 Å². The van der Waals surface area contributed by atoms with E-state index in [-0.39, 0.29) is 34.2 Å². The third-order valence-corrected chi connectivity index (χ3v) is 6.84. The molecule has 3 aromatic rings. The van der Waals surface area contributed by atoms with Crippen molar-refractivity contribution in [3.8, 4) is 18.1 Å². The molecule has 3 aliphatic carbocycles. The van der Waals surface area contributed by atoms with Crippen molar-refractivity contribution in [2.75, 3.05) is 11.9 Å². The number of benzene rings is 3. The molecule has 2 amide bonds. The van der Waals surface area contributed by atoms with Crippen molar-refractivity contribution in [1.29, 1.82) is 0 Å². The minimum absolute atomic E-state index is 0.00259. The van der Waals surface area contributed by atoms with Gasteiger partial charge in [0.15, 0.2) is 6.61 Å². The van der Waals surface area contributed by atoms with E-state index in [1.165, 1.54) is 12.1 Å². The molecule has 5 nitrogen and oxygen atoms in total. The fourth-order valence-electron chi connectivity index (χ4n) is 5.34. The van der Waals surface area contributed by atoms with Crippen LogP contribution in [0.1, 0.15) is 24.8 Å². The second-order valence-corrected chi connectivity index (χ2v) is 9.22. The van der Waals surface area contributed by atoms with Crippen LogP contribution in [0.2, 0.25) is 5.02 Å². The van der Waals surface area contributed by atoms with Crippen molar-refractivity contribution < 1.29 is 18.7 Å². The number of carbonyl (C=O) groups excluding carboxylic acids is 2. The molecule has 0 heterocycles. The van der Waals surface area contributed by atoms with E-state index in [0.29, 0.717) is 5.69 Å². The van der Waals surface area contributed by atoms with Gasteiger partial charge in [-0.15, -0.1) is 6.42 Å². The minimum atomic E-state index is -0.598. The Labute approximate surface area is 195 Å². The maximum Gasteiger partial charge on any atom is 0.300 e. The van der Waals surface area contributed by atoms with Gasteiger partial charge < -0.3 is 15.4 Å². The third-order valence-electron chi connectivity index (χ3n) is 6.53. The Morgan fingerprint density at radius 3 is 2.61 bits per heavy atom. The number of rotatable bonds is 6. The largest absolute Gasteiger partial charge is 0.484 e. The van der Waals surface area contributed by atoms with E-state index in [1.54, 1.807) is 0 Å². The van der Waals surface area contributed by atoms with Gasteiger partial charge in [0.25, 0.3) is 11.8 Å². The van der Waals surface area contributed by atoms with Crippen molar-refractivity contribution in [1.82, 2.24) is 5.32 Å². The molecule has 0 saturated heterocycles. The molecule has 3 aliphatic rings. The number of fused-ring (bicyclic) bond motifs is 1. The third kappa shape index (κ3) is 3.69. The molecule has 0 spiro atoms. The van der Waals surface area contributed by atoms with E-state index < -0.39 is 11.7 Å². The number of terminal acetylenes is 1.